The SMILES string of the molecule is O=C(NCc1ccc(F)cc1)c1cccc(C(=O)Nc2ccc(F)c(F)c2)n1. The average Bonchev–Trinajstić information content (AvgIpc) is 2.70. The third-order valence-corrected chi connectivity index (χ3v) is 3.76. The van der Waals surface area contributed by atoms with E-state index >= 15 is 0 Å². The largest absolute Gasteiger partial charge is 0.347 e. The Morgan fingerprint density at radius 1 is 0.821 bits per heavy atom. The summed E-state index contributed by atoms with van der Waals surface area (Å²) in [4.78, 5) is 28.5. The number of hydrogen-bond acceptors (Lipinski definition) is 3. The summed E-state index contributed by atoms with van der Waals surface area (Å²) < 4.78 is 39.1. The highest BCUT2D eigenvalue weighted by Gasteiger charge is 2.13. The second-order valence-electron chi connectivity index (χ2n) is 5.80. The summed E-state index contributed by atoms with van der Waals surface area (Å²) in [5.41, 5.74) is 0.679. The molecular weight excluding hydrogens is 371 g/mol. The van der Waals surface area contributed by atoms with Gasteiger partial charge in [-0.2, -0.15) is 0 Å². The van der Waals surface area contributed by atoms with Crippen LogP contribution in [0.4, 0.5) is 18.9 Å². The molecule has 5 nitrogen and oxygen atoms in total. The fraction of sp³-hybridized carbons (Fsp3) is 0.0500. The van der Waals surface area contributed by atoms with Crippen LogP contribution in [-0.2, 0) is 6.54 Å². The van der Waals surface area contributed by atoms with Crippen LogP contribution in [-0.4, -0.2) is 16.8 Å². The first-order valence-electron chi connectivity index (χ1n) is 8.18. The van der Waals surface area contributed by atoms with E-state index in [0.717, 1.165) is 12.1 Å². The average molecular weight is 385 g/mol. The number of benzene rings is 2. The molecule has 0 fully saturated rings. The smallest absolute Gasteiger partial charge is 0.274 e. The van der Waals surface area contributed by atoms with Crippen molar-refractivity contribution in [3.8, 4) is 0 Å². The van der Waals surface area contributed by atoms with Crippen molar-refractivity contribution < 1.29 is 22.8 Å². The number of hydrogen-bond donors (Lipinski definition) is 2. The van der Waals surface area contributed by atoms with E-state index in [1.54, 1.807) is 0 Å². The predicted octanol–water partition coefficient (Wildman–Crippen LogP) is 3.68. The van der Waals surface area contributed by atoms with E-state index in [1.165, 1.54) is 48.5 Å². The molecule has 0 radical (unpaired) electrons. The highest BCUT2D eigenvalue weighted by Crippen LogP contribution is 2.14. The van der Waals surface area contributed by atoms with E-state index in [0.29, 0.717) is 5.56 Å². The number of carbonyl (C=O) groups excluding carboxylic acids is 2. The van der Waals surface area contributed by atoms with Gasteiger partial charge in [-0.15, -0.1) is 0 Å². The lowest BCUT2D eigenvalue weighted by Gasteiger charge is -2.08. The van der Waals surface area contributed by atoms with Crippen LogP contribution in [0.5, 0.6) is 0 Å². The van der Waals surface area contributed by atoms with Crippen LogP contribution in [0, 0.1) is 17.5 Å². The second kappa shape index (κ2) is 8.34. The van der Waals surface area contributed by atoms with E-state index in [4.69, 9.17) is 0 Å². The maximum atomic E-state index is 13.2. The van der Waals surface area contributed by atoms with E-state index in [1.807, 2.05) is 0 Å². The normalized spacial score (nSPS) is 10.4. The number of nitrogens with zero attached hydrogens (tertiary/aromatic N) is 1. The van der Waals surface area contributed by atoms with Gasteiger partial charge >= 0.3 is 0 Å². The topological polar surface area (TPSA) is 71.1 Å². The number of amides is 2. The number of carbonyl (C=O) groups is 2. The van der Waals surface area contributed by atoms with Gasteiger partial charge in [-0.05, 0) is 42.0 Å². The van der Waals surface area contributed by atoms with Crippen molar-refractivity contribution in [3.05, 3.63) is 95.1 Å². The molecule has 0 saturated carbocycles. The summed E-state index contributed by atoms with van der Waals surface area (Å²) in [5.74, 6) is -3.71. The van der Waals surface area contributed by atoms with Gasteiger partial charge in [0.15, 0.2) is 11.6 Å². The van der Waals surface area contributed by atoms with Gasteiger partial charge in [-0.1, -0.05) is 18.2 Å². The highest BCUT2D eigenvalue weighted by atomic mass is 19.2. The van der Waals surface area contributed by atoms with Crippen LogP contribution >= 0.6 is 0 Å². The van der Waals surface area contributed by atoms with E-state index in [2.05, 4.69) is 15.6 Å². The van der Waals surface area contributed by atoms with Gasteiger partial charge in [0.2, 0.25) is 0 Å². The number of aromatic nitrogens is 1. The summed E-state index contributed by atoms with van der Waals surface area (Å²) in [5, 5.41) is 5.00. The van der Waals surface area contributed by atoms with Crippen molar-refractivity contribution in [1.82, 2.24) is 10.3 Å². The third-order valence-electron chi connectivity index (χ3n) is 3.76. The minimum Gasteiger partial charge on any atom is -0.347 e. The van der Waals surface area contributed by atoms with Crippen LogP contribution in [0.3, 0.4) is 0 Å². The second-order valence-corrected chi connectivity index (χ2v) is 5.80. The highest BCUT2D eigenvalue weighted by molar-refractivity contribution is 6.03. The van der Waals surface area contributed by atoms with Gasteiger partial charge < -0.3 is 10.6 Å². The number of nitrogens with one attached hydrogen (secondary N) is 2. The van der Waals surface area contributed by atoms with E-state index < -0.39 is 23.4 Å². The van der Waals surface area contributed by atoms with Gasteiger partial charge in [0.1, 0.15) is 17.2 Å². The number of halogens is 3. The molecular formula is C20H14F3N3O2. The van der Waals surface area contributed by atoms with Crippen LogP contribution in [0.25, 0.3) is 0 Å². The Morgan fingerprint density at radius 2 is 1.50 bits per heavy atom. The molecule has 2 N–H and O–H groups in total. The van der Waals surface area contributed by atoms with Crippen molar-refractivity contribution in [3.63, 3.8) is 0 Å². The monoisotopic (exact) mass is 385 g/mol. The van der Waals surface area contributed by atoms with Gasteiger partial charge in [0.25, 0.3) is 11.8 Å². The Labute approximate surface area is 158 Å². The first kappa shape index (κ1) is 19.1. The Kier molecular flexibility index (Phi) is 5.69. The third kappa shape index (κ3) is 4.73. The van der Waals surface area contributed by atoms with Gasteiger partial charge in [-0.3, -0.25) is 9.59 Å². The summed E-state index contributed by atoms with van der Waals surface area (Å²) >= 11 is 0. The maximum Gasteiger partial charge on any atom is 0.274 e. The van der Waals surface area contributed by atoms with Crippen molar-refractivity contribution in [2.24, 2.45) is 0 Å². The molecule has 2 amide bonds. The van der Waals surface area contributed by atoms with Crippen molar-refractivity contribution in [2.45, 2.75) is 6.54 Å². The van der Waals surface area contributed by atoms with Crippen LogP contribution in [0.15, 0.2) is 60.7 Å². The predicted molar refractivity (Wildman–Crippen MR) is 96.1 cm³/mol. The quantitative estimate of drug-likeness (QED) is 0.704. The zero-order valence-corrected chi connectivity index (χ0v) is 14.4. The van der Waals surface area contributed by atoms with E-state index in [9.17, 15) is 22.8 Å². The first-order valence-corrected chi connectivity index (χ1v) is 8.18. The number of anilines is 1. The lowest BCUT2D eigenvalue weighted by atomic mass is 10.2. The molecule has 0 bridgehead atoms. The van der Waals surface area contributed by atoms with Gasteiger partial charge in [0.05, 0.1) is 0 Å². The Morgan fingerprint density at radius 3 is 2.18 bits per heavy atom. The minimum absolute atomic E-state index is 0.0000448. The summed E-state index contributed by atoms with van der Waals surface area (Å²) in [6, 6.07) is 12.8. The number of pyridine rings is 1. The lowest BCUT2D eigenvalue weighted by molar-refractivity contribution is 0.0945. The molecule has 1 heterocycles. The molecule has 0 spiro atoms. The Balaban J connectivity index is 1.66. The van der Waals surface area contributed by atoms with Crippen LogP contribution in [0.2, 0.25) is 0 Å². The van der Waals surface area contributed by atoms with Crippen molar-refractivity contribution >= 4 is 17.5 Å². The zero-order valence-electron chi connectivity index (χ0n) is 14.4. The molecule has 0 saturated heterocycles. The fourth-order valence-corrected chi connectivity index (χ4v) is 2.33. The summed E-state index contributed by atoms with van der Waals surface area (Å²) in [6.07, 6.45) is 0. The molecule has 142 valence electrons. The van der Waals surface area contributed by atoms with Gasteiger partial charge in [-0.25, -0.2) is 18.2 Å². The molecule has 1 aromatic heterocycles. The molecule has 28 heavy (non-hydrogen) atoms. The maximum absolute atomic E-state index is 13.2. The summed E-state index contributed by atoms with van der Waals surface area (Å²) in [7, 11) is 0. The molecule has 0 atom stereocenters. The molecule has 3 rings (SSSR count). The molecule has 2 aromatic carbocycles. The molecule has 0 aliphatic heterocycles. The van der Waals surface area contributed by atoms with Crippen LogP contribution in [0.1, 0.15) is 26.5 Å². The molecule has 0 aliphatic rings. The fourth-order valence-electron chi connectivity index (χ4n) is 2.33. The molecule has 0 aliphatic carbocycles. The molecule has 8 heteroatoms. The van der Waals surface area contributed by atoms with E-state index in [-0.39, 0.29) is 29.4 Å². The Hall–Kier alpha value is -3.68. The van der Waals surface area contributed by atoms with Crippen LogP contribution < -0.4 is 10.6 Å². The molecule has 0 unspecified atom stereocenters. The first-order chi connectivity index (χ1) is 13.4. The van der Waals surface area contributed by atoms with Gasteiger partial charge in [0, 0.05) is 18.3 Å². The molecule has 3 aromatic rings. The van der Waals surface area contributed by atoms with Crippen molar-refractivity contribution in [2.75, 3.05) is 5.32 Å². The Bertz CT molecular complexity index is 1020. The summed E-state index contributed by atoms with van der Waals surface area (Å²) in [6.45, 7) is 0.159. The zero-order chi connectivity index (χ0) is 20.1. The lowest BCUT2D eigenvalue weighted by Crippen LogP contribution is -2.25. The minimum atomic E-state index is -1.10. The number of rotatable bonds is 5. The van der Waals surface area contributed by atoms with Crippen molar-refractivity contribution in [1.29, 1.82) is 0 Å². The standard InChI is InChI=1S/C20H14F3N3O2/c21-13-6-4-12(5-7-13)11-24-19(27)17-2-1-3-18(26-17)20(28)25-14-8-9-15(22)16(23)10-14/h1-10H,11H2,(H,24,27)(H,25,28).